The molecule has 0 aliphatic heterocycles. The molecule has 1 aromatic carbocycles. The molecular formula is C12H17N3O5. The zero-order valence-electron chi connectivity index (χ0n) is 10.9. The van der Waals surface area contributed by atoms with E-state index in [0.717, 1.165) is 6.21 Å². The van der Waals surface area contributed by atoms with Crippen molar-refractivity contribution >= 4 is 12.1 Å². The van der Waals surface area contributed by atoms with E-state index in [1.54, 1.807) is 6.92 Å². The van der Waals surface area contributed by atoms with Gasteiger partial charge in [0.05, 0.1) is 12.8 Å². The van der Waals surface area contributed by atoms with Crippen molar-refractivity contribution < 1.29 is 24.9 Å². The standard InChI is InChI=1S/C12H17N3O5/c1-2-20-6-8(13)12(19)15-14-5-7-3-4-9(16)11(18)10(7)17/h3-5,8,16-18H,2,6,13H2,1H3,(H,15,19)/b14-5+. The molecule has 0 spiro atoms. The second-order valence-electron chi connectivity index (χ2n) is 3.87. The van der Waals surface area contributed by atoms with Gasteiger partial charge in [0, 0.05) is 12.2 Å². The molecule has 1 aromatic rings. The molecule has 0 radical (unpaired) electrons. The van der Waals surface area contributed by atoms with Crippen LogP contribution in [-0.2, 0) is 9.53 Å². The van der Waals surface area contributed by atoms with Gasteiger partial charge in [0.2, 0.25) is 5.75 Å². The molecule has 0 heterocycles. The van der Waals surface area contributed by atoms with Crippen LogP contribution in [0, 0.1) is 0 Å². The number of carbonyl (C=O) groups is 1. The van der Waals surface area contributed by atoms with Gasteiger partial charge in [-0.3, -0.25) is 4.79 Å². The van der Waals surface area contributed by atoms with Crippen molar-refractivity contribution in [3.8, 4) is 17.2 Å². The van der Waals surface area contributed by atoms with Gasteiger partial charge in [-0.25, -0.2) is 5.43 Å². The van der Waals surface area contributed by atoms with Gasteiger partial charge in [0.25, 0.3) is 5.91 Å². The van der Waals surface area contributed by atoms with E-state index in [9.17, 15) is 15.0 Å². The van der Waals surface area contributed by atoms with Crippen molar-refractivity contribution in [2.75, 3.05) is 13.2 Å². The van der Waals surface area contributed by atoms with Crippen molar-refractivity contribution in [1.82, 2.24) is 5.43 Å². The second kappa shape index (κ2) is 7.31. The summed E-state index contributed by atoms with van der Waals surface area (Å²) >= 11 is 0. The summed E-state index contributed by atoms with van der Waals surface area (Å²) in [5, 5.41) is 31.5. The first-order chi connectivity index (χ1) is 9.47. The van der Waals surface area contributed by atoms with Crippen LogP contribution < -0.4 is 11.2 Å². The van der Waals surface area contributed by atoms with Crippen LogP contribution in [0.25, 0.3) is 0 Å². The third-order valence-corrected chi connectivity index (χ3v) is 2.38. The highest BCUT2D eigenvalue weighted by molar-refractivity contribution is 5.87. The maximum absolute atomic E-state index is 11.5. The lowest BCUT2D eigenvalue weighted by Crippen LogP contribution is -2.41. The Kier molecular flexibility index (Phi) is 5.75. The Balaban J connectivity index is 2.61. The first-order valence-corrected chi connectivity index (χ1v) is 5.87. The van der Waals surface area contributed by atoms with Crippen LogP contribution in [-0.4, -0.2) is 46.7 Å². The quantitative estimate of drug-likeness (QED) is 0.274. The van der Waals surface area contributed by atoms with Crippen LogP contribution in [0.3, 0.4) is 0 Å². The minimum Gasteiger partial charge on any atom is -0.504 e. The molecule has 110 valence electrons. The van der Waals surface area contributed by atoms with Gasteiger partial charge in [0.1, 0.15) is 6.04 Å². The molecule has 1 unspecified atom stereocenters. The van der Waals surface area contributed by atoms with Crippen LogP contribution in [0.4, 0.5) is 0 Å². The number of nitrogens with zero attached hydrogens (tertiary/aromatic N) is 1. The predicted molar refractivity (Wildman–Crippen MR) is 71.6 cm³/mol. The molecule has 0 bridgehead atoms. The number of nitrogens with two attached hydrogens (primary N) is 1. The Morgan fingerprint density at radius 3 is 2.80 bits per heavy atom. The summed E-state index contributed by atoms with van der Waals surface area (Å²) in [7, 11) is 0. The van der Waals surface area contributed by atoms with Gasteiger partial charge in [-0.05, 0) is 19.1 Å². The van der Waals surface area contributed by atoms with Crippen LogP contribution in [0.1, 0.15) is 12.5 Å². The fourth-order valence-corrected chi connectivity index (χ4v) is 1.26. The summed E-state index contributed by atoms with van der Waals surface area (Å²) in [4.78, 5) is 11.5. The van der Waals surface area contributed by atoms with Crippen LogP contribution >= 0.6 is 0 Å². The molecule has 1 atom stereocenters. The average Bonchev–Trinajstić information content (AvgIpc) is 2.44. The Morgan fingerprint density at radius 1 is 1.45 bits per heavy atom. The number of hydrazone groups is 1. The number of ether oxygens (including phenoxy) is 1. The van der Waals surface area contributed by atoms with Gasteiger partial charge in [0.15, 0.2) is 11.5 Å². The Morgan fingerprint density at radius 2 is 2.15 bits per heavy atom. The van der Waals surface area contributed by atoms with Crippen molar-refractivity contribution in [1.29, 1.82) is 0 Å². The molecule has 0 saturated carbocycles. The maximum atomic E-state index is 11.5. The van der Waals surface area contributed by atoms with E-state index >= 15 is 0 Å². The summed E-state index contributed by atoms with van der Waals surface area (Å²) in [6, 6.07) is 1.65. The molecule has 1 amide bonds. The van der Waals surface area contributed by atoms with Gasteiger partial charge < -0.3 is 25.8 Å². The zero-order chi connectivity index (χ0) is 15.1. The molecule has 0 fully saturated rings. The largest absolute Gasteiger partial charge is 0.504 e. The monoisotopic (exact) mass is 283 g/mol. The number of rotatable bonds is 6. The number of phenolic OH excluding ortho intramolecular Hbond substituents is 3. The normalized spacial score (nSPS) is 12.5. The topological polar surface area (TPSA) is 137 Å². The lowest BCUT2D eigenvalue weighted by molar-refractivity contribution is -0.123. The number of hydrogen-bond donors (Lipinski definition) is 5. The van der Waals surface area contributed by atoms with Crippen LogP contribution in [0.2, 0.25) is 0 Å². The number of aromatic hydroxyl groups is 3. The van der Waals surface area contributed by atoms with Gasteiger partial charge in [-0.15, -0.1) is 0 Å². The van der Waals surface area contributed by atoms with Crippen LogP contribution in [0.5, 0.6) is 17.2 Å². The molecule has 0 saturated heterocycles. The maximum Gasteiger partial charge on any atom is 0.259 e. The molecule has 0 aromatic heterocycles. The highest BCUT2D eigenvalue weighted by Gasteiger charge is 2.13. The highest BCUT2D eigenvalue weighted by Crippen LogP contribution is 2.36. The smallest absolute Gasteiger partial charge is 0.259 e. The number of benzene rings is 1. The fourth-order valence-electron chi connectivity index (χ4n) is 1.26. The van der Waals surface area contributed by atoms with Gasteiger partial charge in [-0.2, -0.15) is 5.10 Å². The number of hydrogen-bond acceptors (Lipinski definition) is 7. The van der Waals surface area contributed by atoms with E-state index in [4.69, 9.17) is 15.6 Å². The number of amides is 1. The predicted octanol–water partition coefficient (Wildman–Crippen LogP) is -0.383. The summed E-state index contributed by atoms with van der Waals surface area (Å²) in [5.74, 6) is -2.20. The number of phenols is 3. The van der Waals surface area contributed by atoms with E-state index in [-0.39, 0.29) is 12.2 Å². The van der Waals surface area contributed by atoms with E-state index in [0.29, 0.717) is 6.61 Å². The van der Waals surface area contributed by atoms with Crippen molar-refractivity contribution in [2.24, 2.45) is 10.8 Å². The van der Waals surface area contributed by atoms with Crippen molar-refractivity contribution in [3.05, 3.63) is 17.7 Å². The SMILES string of the molecule is CCOCC(N)C(=O)N/N=C/c1ccc(O)c(O)c1O. The zero-order valence-corrected chi connectivity index (χ0v) is 10.9. The third kappa shape index (κ3) is 4.11. The third-order valence-electron chi connectivity index (χ3n) is 2.38. The molecule has 0 aliphatic carbocycles. The summed E-state index contributed by atoms with van der Waals surface area (Å²) < 4.78 is 4.99. The Bertz CT molecular complexity index is 504. The minimum absolute atomic E-state index is 0.0725. The molecule has 1 rings (SSSR count). The second-order valence-corrected chi connectivity index (χ2v) is 3.87. The molecular weight excluding hydrogens is 266 g/mol. The first-order valence-electron chi connectivity index (χ1n) is 5.87. The van der Waals surface area contributed by atoms with E-state index in [2.05, 4.69) is 10.5 Å². The Hall–Kier alpha value is -2.32. The molecule has 0 aliphatic rings. The van der Waals surface area contributed by atoms with E-state index in [1.165, 1.54) is 12.1 Å². The van der Waals surface area contributed by atoms with Crippen LogP contribution in [0.15, 0.2) is 17.2 Å². The van der Waals surface area contributed by atoms with Gasteiger partial charge >= 0.3 is 0 Å². The molecule has 20 heavy (non-hydrogen) atoms. The highest BCUT2D eigenvalue weighted by atomic mass is 16.5. The lowest BCUT2D eigenvalue weighted by Gasteiger charge is -2.09. The first kappa shape index (κ1) is 15.7. The molecule has 8 heteroatoms. The van der Waals surface area contributed by atoms with Crippen molar-refractivity contribution in [2.45, 2.75) is 13.0 Å². The summed E-state index contributed by atoms with van der Waals surface area (Å²) in [6.07, 6.45) is 1.11. The average molecular weight is 283 g/mol. The van der Waals surface area contributed by atoms with E-state index in [1.807, 2.05) is 0 Å². The lowest BCUT2D eigenvalue weighted by atomic mass is 10.2. The van der Waals surface area contributed by atoms with Crippen molar-refractivity contribution in [3.63, 3.8) is 0 Å². The Labute approximate surface area is 115 Å². The minimum atomic E-state index is -0.853. The molecule has 8 nitrogen and oxygen atoms in total. The number of nitrogens with one attached hydrogen (secondary N) is 1. The van der Waals surface area contributed by atoms with E-state index < -0.39 is 29.2 Å². The summed E-state index contributed by atoms with van der Waals surface area (Å²) in [6.45, 7) is 2.30. The van der Waals surface area contributed by atoms with Gasteiger partial charge in [-0.1, -0.05) is 0 Å². The summed E-state index contributed by atoms with van der Waals surface area (Å²) in [5.41, 5.74) is 7.82. The molecule has 6 N–H and O–H groups in total. The fraction of sp³-hybridized carbons (Fsp3) is 0.333. The number of carbonyl (C=O) groups excluding carboxylic acids is 1.